The Labute approximate surface area is 132 Å². The van der Waals surface area contributed by atoms with Crippen LogP contribution in [0.1, 0.15) is 39.8 Å². The summed E-state index contributed by atoms with van der Waals surface area (Å²) in [6.45, 7) is 11.9. The Hall–Kier alpha value is -0.390. The molecule has 1 rings (SSSR count). The second-order valence-electron chi connectivity index (χ2n) is 6.61. The van der Waals surface area contributed by atoms with Crippen LogP contribution in [0.5, 0.6) is 0 Å². The lowest BCUT2D eigenvalue weighted by Crippen LogP contribution is -2.32. The molecule has 0 radical (unpaired) electrons. The van der Waals surface area contributed by atoms with Crippen LogP contribution in [0.3, 0.4) is 0 Å². The van der Waals surface area contributed by atoms with Gasteiger partial charge in [0.05, 0.1) is 22.9 Å². The molecule has 0 bridgehead atoms. The van der Waals surface area contributed by atoms with Crippen LogP contribution in [0.4, 0.5) is 0 Å². The Morgan fingerprint density at radius 2 is 2.05 bits per heavy atom. The highest BCUT2D eigenvalue weighted by Crippen LogP contribution is 2.32. The van der Waals surface area contributed by atoms with Crippen molar-refractivity contribution in [3.63, 3.8) is 0 Å². The fourth-order valence-electron chi connectivity index (χ4n) is 2.29. The highest BCUT2D eigenvalue weighted by molar-refractivity contribution is 9.10. The molecular weight excluding hydrogens is 316 g/mol. The number of nitrogens with zero attached hydrogens (tertiary/aromatic N) is 3. The molecule has 0 aliphatic rings. The van der Waals surface area contributed by atoms with E-state index >= 15 is 0 Å². The van der Waals surface area contributed by atoms with Crippen molar-refractivity contribution < 1.29 is 0 Å². The van der Waals surface area contributed by atoms with Gasteiger partial charge in [0.1, 0.15) is 0 Å². The first-order valence-electron chi connectivity index (χ1n) is 7.34. The van der Waals surface area contributed by atoms with Crippen molar-refractivity contribution in [2.45, 2.75) is 52.1 Å². The van der Waals surface area contributed by atoms with Gasteiger partial charge in [-0.05, 0) is 43.0 Å². The summed E-state index contributed by atoms with van der Waals surface area (Å²) in [7, 11) is 4.19. The zero-order valence-corrected chi connectivity index (χ0v) is 15.3. The van der Waals surface area contributed by atoms with Crippen molar-refractivity contribution in [1.82, 2.24) is 20.0 Å². The molecule has 0 unspecified atom stereocenters. The molecule has 20 heavy (non-hydrogen) atoms. The van der Waals surface area contributed by atoms with Crippen LogP contribution >= 0.6 is 15.9 Å². The first-order chi connectivity index (χ1) is 9.24. The largest absolute Gasteiger partial charge is 0.314 e. The van der Waals surface area contributed by atoms with Crippen LogP contribution in [0.25, 0.3) is 0 Å². The molecule has 116 valence electrons. The normalized spacial score (nSPS) is 12.7. The van der Waals surface area contributed by atoms with Crippen LogP contribution in [-0.4, -0.2) is 47.9 Å². The summed E-state index contributed by atoms with van der Waals surface area (Å²) >= 11 is 3.66. The van der Waals surface area contributed by atoms with Gasteiger partial charge < -0.3 is 10.2 Å². The lowest BCUT2D eigenvalue weighted by Gasteiger charge is -2.27. The Bertz CT molecular complexity index is 410. The fraction of sp³-hybridized carbons (Fsp3) is 0.800. The third-order valence-electron chi connectivity index (χ3n) is 3.50. The lowest BCUT2D eigenvalue weighted by atomic mass is 9.85. The molecule has 1 aromatic rings. The molecular formula is C15H29BrN4. The molecule has 0 amide bonds. The monoisotopic (exact) mass is 344 g/mol. The number of aromatic nitrogens is 2. The molecule has 5 heteroatoms. The number of likely N-dealkylation sites (N-methyl/N-ethyl adjacent to an activating group) is 1. The molecule has 0 spiro atoms. The van der Waals surface area contributed by atoms with Gasteiger partial charge in [0.2, 0.25) is 0 Å². The number of nitrogens with one attached hydrogen (secondary N) is 1. The minimum atomic E-state index is 0.101. The molecule has 0 saturated heterocycles. The molecule has 1 aromatic heterocycles. The van der Waals surface area contributed by atoms with Gasteiger partial charge in [-0.25, -0.2) is 0 Å². The van der Waals surface area contributed by atoms with Crippen molar-refractivity contribution >= 4 is 15.9 Å². The molecule has 0 aromatic carbocycles. The first-order valence-corrected chi connectivity index (χ1v) is 8.13. The molecule has 1 N–H and O–H groups in total. The van der Waals surface area contributed by atoms with E-state index in [4.69, 9.17) is 0 Å². The summed E-state index contributed by atoms with van der Waals surface area (Å²) < 4.78 is 3.25. The maximum atomic E-state index is 4.52. The molecule has 0 aliphatic heterocycles. The highest BCUT2D eigenvalue weighted by Gasteiger charge is 2.27. The quantitative estimate of drug-likeness (QED) is 0.787. The van der Waals surface area contributed by atoms with E-state index < -0.39 is 0 Å². The van der Waals surface area contributed by atoms with Gasteiger partial charge in [-0.15, -0.1) is 0 Å². The van der Waals surface area contributed by atoms with E-state index in [0.29, 0.717) is 6.04 Å². The molecule has 0 atom stereocenters. The van der Waals surface area contributed by atoms with E-state index in [1.54, 1.807) is 0 Å². The summed E-state index contributed by atoms with van der Waals surface area (Å²) in [5.41, 5.74) is 1.40. The Morgan fingerprint density at radius 1 is 1.40 bits per heavy atom. The Kier molecular flexibility index (Phi) is 6.69. The number of hydrogen-bond acceptors (Lipinski definition) is 3. The van der Waals surface area contributed by atoms with Crippen molar-refractivity contribution in [2.24, 2.45) is 0 Å². The van der Waals surface area contributed by atoms with Crippen molar-refractivity contribution in [1.29, 1.82) is 0 Å². The SMILES string of the molecule is CC(C)NCCC(C)(C)c1c(Br)cnn1CCN(C)C. The topological polar surface area (TPSA) is 33.1 Å². The van der Waals surface area contributed by atoms with Gasteiger partial charge in [0, 0.05) is 18.0 Å². The Morgan fingerprint density at radius 3 is 2.60 bits per heavy atom. The third-order valence-corrected chi connectivity index (χ3v) is 4.08. The van der Waals surface area contributed by atoms with Crippen molar-refractivity contribution in [2.75, 3.05) is 27.2 Å². The zero-order valence-electron chi connectivity index (χ0n) is 13.7. The average molecular weight is 345 g/mol. The van der Waals surface area contributed by atoms with E-state index in [2.05, 4.69) is 77.7 Å². The van der Waals surface area contributed by atoms with E-state index in [1.807, 2.05) is 6.20 Å². The van der Waals surface area contributed by atoms with Crippen LogP contribution in [0, 0.1) is 0 Å². The number of halogens is 1. The smallest absolute Gasteiger partial charge is 0.0635 e. The summed E-state index contributed by atoms with van der Waals surface area (Å²) in [5.74, 6) is 0. The summed E-state index contributed by atoms with van der Waals surface area (Å²) in [5, 5.41) is 8.02. The Balaban J connectivity index is 2.79. The minimum absolute atomic E-state index is 0.101. The lowest BCUT2D eigenvalue weighted by molar-refractivity contribution is 0.348. The van der Waals surface area contributed by atoms with Crippen molar-refractivity contribution in [3.8, 4) is 0 Å². The number of hydrogen-bond donors (Lipinski definition) is 1. The second kappa shape index (κ2) is 7.57. The highest BCUT2D eigenvalue weighted by atomic mass is 79.9. The number of rotatable bonds is 8. The van der Waals surface area contributed by atoms with E-state index in [-0.39, 0.29) is 5.41 Å². The van der Waals surface area contributed by atoms with Crippen LogP contribution in [0.2, 0.25) is 0 Å². The molecule has 0 aliphatic carbocycles. The minimum Gasteiger partial charge on any atom is -0.314 e. The fourth-order valence-corrected chi connectivity index (χ4v) is 3.12. The predicted molar refractivity (Wildman–Crippen MR) is 89.3 cm³/mol. The predicted octanol–water partition coefficient (Wildman–Crippen LogP) is 2.87. The summed E-state index contributed by atoms with van der Waals surface area (Å²) in [4.78, 5) is 2.19. The van der Waals surface area contributed by atoms with Gasteiger partial charge in [0.15, 0.2) is 0 Å². The molecule has 0 saturated carbocycles. The van der Waals surface area contributed by atoms with E-state index in [0.717, 1.165) is 30.5 Å². The molecule has 0 fully saturated rings. The third kappa shape index (κ3) is 5.19. The van der Waals surface area contributed by atoms with Crippen LogP contribution in [0.15, 0.2) is 10.7 Å². The van der Waals surface area contributed by atoms with Gasteiger partial charge >= 0.3 is 0 Å². The second-order valence-corrected chi connectivity index (χ2v) is 7.46. The van der Waals surface area contributed by atoms with E-state index in [1.165, 1.54) is 5.69 Å². The van der Waals surface area contributed by atoms with E-state index in [9.17, 15) is 0 Å². The van der Waals surface area contributed by atoms with Crippen LogP contribution in [-0.2, 0) is 12.0 Å². The average Bonchev–Trinajstić information content (AvgIpc) is 2.67. The summed E-state index contributed by atoms with van der Waals surface area (Å²) in [6, 6.07) is 0.535. The standard InChI is InChI=1S/C15H29BrN4/c1-12(2)17-8-7-15(3,4)14-13(16)11-18-20(14)10-9-19(5)6/h11-12,17H,7-10H2,1-6H3. The molecule has 4 nitrogen and oxygen atoms in total. The first kappa shape index (κ1) is 17.7. The van der Waals surface area contributed by atoms with Crippen LogP contribution < -0.4 is 5.32 Å². The van der Waals surface area contributed by atoms with Gasteiger partial charge in [-0.2, -0.15) is 5.10 Å². The maximum Gasteiger partial charge on any atom is 0.0635 e. The summed E-state index contributed by atoms with van der Waals surface area (Å²) in [6.07, 6.45) is 3.01. The van der Waals surface area contributed by atoms with Gasteiger partial charge in [0.25, 0.3) is 0 Å². The molecule has 1 heterocycles. The van der Waals surface area contributed by atoms with Crippen molar-refractivity contribution in [3.05, 3.63) is 16.4 Å². The van der Waals surface area contributed by atoms with Gasteiger partial charge in [-0.3, -0.25) is 4.68 Å². The van der Waals surface area contributed by atoms with Gasteiger partial charge in [-0.1, -0.05) is 27.7 Å². The maximum absolute atomic E-state index is 4.52. The zero-order chi connectivity index (χ0) is 15.3.